The zero-order valence-corrected chi connectivity index (χ0v) is 22.4. The van der Waals surface area contributed by atoms with Crippen molar-refractivity contribution in [1.29, 1.82) is 5.26 Å². The maximum Gasteiger partial charge on any atom is 0.356 e. The number of hydrogen-bond acceptors (Lipinski definition) is 17. The third-order valence-corrected chi connectivity index (χ3v) is 7.49. The predicted molar refractivity (Wildman–Crippen MR) is 140 cm³/mol. The van der Waals surface area contributed by atoms with Gasteiger partial charge in [-0.1, -0.05) is 0 Å². The van der Waals surface area contributed by atoms with Crippen LogP contribution < -0.4 is 22.4 Å². The van der Waals surface area contributed by atoms with E-state index in [1.54, 1.807) is 6.07 Å². The second-order valence-electron chi connectivity index (χ2n) is 7.59. The van der Waals surface area contributed by atoms with Crippen LogP contribution in [0, 0.1) is 18.3 Å². The summed E-state index contributed by atoms with van der Waals surface area (Å²) in [5.41, 5.74) is 0.961. The molecule has 3 rings (SSSR count). The number of fused-ring (bicyclic) bond motifs is 1. The van der Waals surface area contributed by atoms with Crippen LogP contribution in [-0.2, 0) is 29.4 Å². The lowest BCUT2D eigenvalue weighted by molar-refractivity contribution is 0.0503. The van der Waals surface area contributed by atoms with Gasteiger partial charge in [-0.3, -0.25) is 4.55 Å². The van der Waals surface area contributed by atoms with E-state index in [9.17, 15) is 26.9 Å². The van der Waals surface area contributed by atoms with Crippen molar-refractivity contribution in [3.8, 4) is 6.07 Å². The first-order valence-electron chi connectivity index (χ1n) is 10.6. The van der Waals surface area contributed by atoms with E-state index >= 15 is 0 Å². The highest BCUT2D eigenvalue weighted by molar-refractivity contribution is 7.86. The normalized spacial score (nSPS) is 12.0. The zero-order chi connectivity index (χ0) is 28.8. The number of azo groups is 1. The third-order valence-electron chi connectivity index (χ3n) is 5.01. The predicted octanol–water partition coefficient (Wildman–Crippen LogP) is 1.25. The molecule has 0 fully saturated rings. The number of rotatable bonds is 12. The minimum absolute atomic E-state index is 0.00233. The van der Waals surface area contributed by atoms with Gasteiger partial charge in [0, 0.05) is 24.0 Å². The first kappa shape index (κ1) is 29.7. The van der Waals surface area contributed by atoms with Crippen LogP contribution >= 0.6 is 11.5 Å². The van der Waals surface area contributed by atoms with E-state index in [0.29, 0.717) is 10.9 Å². The van der Waals surface area contributed by atoms with E-state index in [-0.39, 0.29) is 52.1 Å². The van der Waals surface area contributed by atoms with Gasteiger partial charge in [0.15, 0.2) is 10.8 Å². The van der Waals surface area contributed by atoms with E-state index in [0.717, 1.165) is 11.5 Å². The lowest BCUT2D eigenvalue weighted by Gasteiger charge is -2.15. The quantitative estimate of drug-likeness (QED) is 0.111. The molecule has 1 aromatic carbocycles. The summed E-state index contributed by atoms with van der Waals surface area (Å²) in [4.78, 5) is 20.3. The monoisotopic (exact) mass is 599 g/mol. The van der Waals surface area contributed by atoms with E-state index in [1.165, 1.54) is 19.1 Å². The number of benzene rings is 1. The van der Waals surface area contributed by atoms with Crippen LogP contribution in [0.3, 0.4) is 0 Å². The SMILES string of the molecule is Cc1c(C#N)c(NCCS(=O)(=O)ON)nc(NCCS(=O)(=O)O)c1/N=N/c1snc2ccc(C(=O)ON)cc12. The van der Waals surface area contributed by atoms with Crippen molar-refractivity contribution in [3.63, 3.8) is 0 Å². The highest BCUT2D eigenvalue weighted by Gasteiger charge is 2.19. The van der Waals surface area contributed by atoms with Gasteiger partial charge >= 0.3 is 5.97 Å². The van der Waals surface area contributed by atoms with Gasteiger partial charge in [-0.15, -0.1) is 10.2 Å². The maximum atomic E-state index is 11.8. The fraction of sp³-hybridized carbons (Fsp3) is 0.263. The van der Waals surface area contributed by atoms with Crippen LogP contribution in [0.15, 0.2) is 28.4 Å². The molecule has 0 spiro atoms. The van der Waals surface area contributed by atoms with Gasteiger partial charge < -0.3 is 15.5 Å². The molecule has 17 nitrogen and oxygen atoms in total. The first-order valence-corrected chi connectivity index (χ1v) is 14.6. The summed E-state index contributed by atoms with van der Waals surface area (Å²) in [5, 5.41) is 24.3. The molecule has 0 aliphatic rings. The number of nitrogens with two attached hydrogens (primary N) is 2. The number of nitriles is 1. The van der Waals surface area contributed by atoms with Crippen molar-refractivity contribution in [2.45, 2.75) is 6.92 Å². The number of nitrogens with zero attached hydrogens (tertiary/aromatic N) is 5. The van der Waals surface area contributed by atoms with Crippen LogP contribution in [0.2, 0.25) is 0 Å². The van der Waals surface area contributed by atoms with Crippen molar-refractivity contribution in [2.24, 2.45) is 22.0 Å². The molecule has 3 aromatic rings. The van der Waals surface area contributed by atoms with Crippen LogP contribution in [0.4, 0.5) is 22.3 Å². The highest BCUT2D eigenvalue weighted by Crippen LogP contribution is 2.37. The molecule has 0 aliphatic carbocycles. The number of anilines is 2. The Bertz CT molecular complexity index is 1680. The van der Waals surface area contributed by atoms with Crippen molar-refractivity contribution >= 4 is 71.0 Å². The van der Waals surface area contributed by atoms with E-state index < -0.39 is 37.7 Å². The molecule has 0 amide bonds. The Balaban J connectivity index is 2.04. The molecule has 0 unspecified atom stereocenters. The van der Waals surface area contributed by atoms with E-state index in [1.807, 2.05) is 6.07 Å². The molecule has 20 heteroatoms. The largest absolute Gasteiger partial charge is 0.370 e. The summed E-state index contributed by atoms with van der Waals surface area (Å²) in [6.45, 7) is 1.00. The van der Waals surface area contributed by atoms with Crippen LogP contribution in [0.5, 0.6) is 0 Å². The fourth-order valence-corrected chi connectivity index (χ4v) is 4.63. The summed E-state index contributed by atoms with van der Waals surface area (Å²) >= 11 is 0.968. The molecule has 0 saturated heterocycles. The molecular weight excluding hydrogens is 578 g/mol. The average molecular weight is 600 g/mol. The summed E-state index contributed by atoms with van der Waals surface area (Å²) in [6.07, 6.45) is 0. The van der Waals surface area contributed by atoms with Gasteiger partial charge in [-0.2, -0.15) is 42.5 Å². The number of aromatic nitrogens is 2. The van der Waals surface area contributed by atoms with Crippen molar-refractivity contribution in [1.82, 2.24) is 9.36 Å². The lowest BCUT2D eigenvalue weighted by Crippen LogP contribution is -2.21. The summed E-state index contributed by atoms with van der Waals surface area (Å²) in [7, 11) is -8.33. The molecule has 0 aliphatic heterocycles. The number of nitrogens with one attached hydrogen (secondary N) is 2. The van der Waals surface area contributed by atoms with Gasteiger partial charge in [0.1, 0.15) is 17.6 Å². The third kappa shape index (κ3) is 7.60. The molecule has 0 saturated carbocycles. The van der Waals surface area contributed by atoms with Crippen LogP contribution in [0.25, 0.3) is 10.9 Å². The first-order chi connectivity index (χ1) is 18.4. The summed E-state index contributed by atoms with van der Waals surface area (Å²) < 4.78 is 62.6. The molecule has 2 heterocycles. The van der Waals surface area contributed by atoms with Crippen molar-refractivity contribution < 1.29 is 35.3 Å². The number of pyridine rings is 1. The van der Waals surface area contributed by atoms with Crippen LogP contribution in [-0.4, -0.2) is 61.3 Å². The summed E-state index contributed by atoms with van der Waals surface area (Å²) in [5.74, 6) is 7.62. The standard InChI is InChI=1S/C19H21N9O8S3/c1-10-13(9-20)16(23-5-7-39(33,34)36-22)25-17(24-4-6-38(30,31)32)15(10)26-27-18-12-8-11(19(29)35-21)2-3-14(12)28-37-18/h2-3,8H,4-7,21-22H2,1H3,(H2,23,24,25)(H,30,31,32)/b27-26+. The Hall–Kier alpha value is -3.84. The minimum atomic E-state index is -4.32. The van der Waals surface area contributed by atoms with Crippen LogP contribution in [0.1, 0.15) is 21.5 Å². The Morgan fingerprint density at radius 3 is 2.49 bits per heavy atom. The second-order valence-corrected chi connectivity index (χ2v) is 11.6. The molecule has 7 N–H and O–H groups in total. The van der Waals surface area contributed by atoms with Gasteiger partial charge in [0.05, 0.1) is 28.1 Å². The van der Waals surface area contributed by atoms with E-state index in [4.69, 9.17) is 16.3 Å². The number of carbonyl (C=O) groups excluding carboxylic acids is 1. The Morgan fingerprint density at radius 2 is 1.85 bits per heavy atom. The molecule has 208 valence electrons. The second kappa shape index (κ2) is 12.3. The van der Waals surface area contributed by atoms with Gasteiger partial charge in [-0.05, 0) is 36.7 Å². The van der Waals surface area contributed by atoms with Crippen molar-refractivity contribution in [2.75, 3.05) is 35.2 Å². The average Bonchev–Trinajstić information content (AvgIpc) is 3.29. The highest BCUT2D eigenvalue weighted by atomic mass is 32.2. The van der Waals surface area contributed by atoms with Gasteiger partial charge in [0.2, 0.25) is 0 Å². The van der Waals surface area contributed by atoms with Gasteiger partial charge in [0.25, 0.3) is 20.2 Å². The number of carbonyl (C=O) groups is 1. The topological polar surface area (TPSA) is 274 Å². The van der Waals surface area contributed by atoms with Gasteiger partial charge in [-0.25, -0.2) is 9.78 Å². The Morgan fingerprint density at radius 1 is 1.15 bits per heavy atom. The lowest BCUT2D eigenvalue weighted by atomic mass is 10.1. The summed E-state index contributed by atoms with van der Waals surface area (Å²) in [6, 6.07) is 6.46. The molecular formula is C19H21N9O8S3. The minimum Gasteiger partial charge on any atom is -0.370 e. The smallest absolute Gasteiger partial charge is 0.356 e. The Labute approximate surface area is 225 Å². The van der Waals surface area contributed by atoms with Crippen molar-refractivity contribution in [3.05, 3.63) is 34.9 Å². The molecule has 2 aromatic heterocycles. The number of hydrogen-bond donors (Lipinski definition) is 5. The molecule has 39 heavy (non-hydrogen) atoms. The van der Waals surface area contributed by atoms with E-state index in [2.05, 4.69) is 39.3 Å². The fourth-order valence-electron chi connectivity index (χ4n) is 3.14. The zero-order valence-electron chi connectivity index (χ0n) is 20.0. The molecule has 0 bridgehead atoms. The maximum absolute atomic E-state index is 11.8. The Kier molecular flexibility index (Phi) is 9.41. The molecule has 0 atom stereocenters. The molecule has 0 radical (unpaired) electrons.